The summed E-state index contributed by atoms with van der Waals surface area (Å²) in [5.74, 6) is -0.603. The van der Waals surface area contributed by atoms with Crippen molar-refractivity contribution in [2.75, 3.05) is 25.5 Å². The van der Waals surface area contributed by atoms with Crippen LogP contribution in [0.1, 0.15) is 11.1 Å². The molecule has 1 aromatic rings. The van der Waals surface area contributed by atoms with Gasteiger partial charge in [0.15, 0.2) is 0 Å². The average Bonchev–Trinajstić information content (AvgIpc) is 2.22. The molecule has 0 aliphatic heterocycles. The van der Waals surface area contributed by atoms with Gasteiger partial charge in [-0.05, 0) is 32.0 Å². The van der Waals surface area contributed by atoms with Gasteiger partial charge in [-0.1, -0.05) is 18.2 Å². The summed E-state index contributed by atoms with van der Waals surface area (Å²) in [4.78, 5) is 24.1. The van der Waals surface area contributed by atoms with E-state index in [1.165, 1.54) is 0 Å². The topological polar surface area (TPSA) is 75.4 Å². The summed E-state index contributed by atoms with van der Waals surface area (Å²) in [5.41, 5.74) is 7.92. The summed E-state index contributed by atoms with van der Waals surface area (Å²) >= 11 is 0. The highest BCUT2D eigenvalue weighted by Gasteiger charge is 2.11. The van der Waals surface area contributed by atoms with Crippen LogP contribution in [0.5, 0.6) is 0 Å². The Morgan fingerprint density at radius 1 is 1.22 bits per heavy atom. The molecule has 98 valence electrons. The van der Waals surface area contributed by atoms with E-state index in [1.54, 1.807) is 11.9 Å². The van der Waals surface area contributed by atoms with Crippen molar-refractivity contribution in [3.63, 3.8) is 0 Å². The summed E-state index contributed by atoms with van der Waals surface area (Å²) in [6, 6.07) is 5.82. The highest BCUT2D eigenvalue weighted by Crippen LogP contribution is 2.19. The maximum atomic E-state index is 11.8. The fraction of sp³-hybridized carbons (Fsp3) is 0.385. The number of nitrogens with zero attached hydrogens (tertiary/aromatic N) is 1. The maximum absolute atomic E-state index is 11.8. The normalized spacial score (nSPS) is 10.4. The summed E-state index contributed by atoms with van der Waals surface area (Å²) in [7, 11) is 1.68. The van der Waals surface area contributed by atoms with E-state index in [9.17, 15) is 9.59 Å². The molecule has 0 atom stereocenters. The summed E-state index contributed by atoms with van der Waals surface area (Å²) in [6.45, 7) is 4.09. The number of rotatable bonds is 5. The number of hydrogen-bond acceptors (Lipinski definition) is 3. The number of para-hydroxylation sites is 1. The first-order chi connectivity index (χ1) is 8.40. The number of anilines is 1. The lowest BCUT2D eigenvalue weighted by molar-refractivity contribution is -0.120. The predicted octanol–water partition coefficient (Wildman–Crippen LogP) is 0.659. The number of carbonyl (C=O) groups excluding carboxylic acids is 2. The van der Waals surface area contributed by atoms with Gasteiger partial charge in [0.25, 0.3) is 0 Å². The van der Waals surface area contributed by atoms with Gasteiger partial charge in [-0.25, -0.2) is 0 Å². The minimum atomic E-state index is -0.447. The van der Waals surface area contributed by atoms with Gasteiger partial charge in [0.2, 0.25) is 11.8 Å². The van der Waals surface area contributed by atoms with Gasteiger partial charge in [0.05, 0.1) is 13.1 Å². The molecular formula is C13H19N3O2. The molecule has 0 saturated carbocycles. The summed E-state index contributed by atoms with van der Waals surface area (Å²) in [6.07, 6.45) is 0. The fourth-order valence-electron chi connectivity index (χ4n) is 1.76. The number of primary amides is 1. The number of carbonyl (C=O) groups is 2. The van der Waals surface area contributed by atoms with E-state index in [0.717, 1.165) is 16.8 Å². The number of nitrogens with one attached hydrogen (secondary N) is 1. The van der Waals surface area contributed by atoms with Crippen LogP contribution in [0.3, 0.4) is 0 Å². The molecule has 0 heterocycles. The molecule has 0 saturated heterocycles. The van der Waals surface area contributed by atoms with Gasteiger partial charge < -0.3 is 11.1 Å². The molecule has 5 heteroatoms. The van der Waals surface area contributed by atoms with Gasteiger partial charge in [0, 0.05) is 5.69 Å². The van der Waals surface area contributed by atoms with Gasteiger partial charge in [0.1, 0.15) is 0 Å². The lowest BCUT2D eigenvalue weighted by Crippen LogP contribution is -2.36. The zero-order valence-corrected chi connectivity index (χ0v) is 11.0. The van der Waals surface area contributed by atoms with E-state index in [1.807, 2.05) is 32.0 Å². The highest BCUT2D eigenvalue weighted by molar-refractivity contribution is 5.94. The smallest absolute Gasteiger partial charge is 0.238 e. The van der Waals surface area contributed by atoms with E-state index in [2.05, 4.69) is 5.32 Å². The molecule has 0 fully saturated rings. The van der Waals surface area contributed by atoms with Crippen molar-refractivity contribution in [3.8, 4) is 0 Å². The van der Waals surface area contributed by atoms with Crippen LogP contribution >= 0.6 is 0 Å². The second-order valence-corrected chi connectivity index (χ2v) is 4.45. The molecule has 0 spiro atoms. The van der Waals surface area contributed by atoms with Crippen LogP contribution in [0.15, 0.2) is 18.2 Å². The Balaban J connectivity index is 2.62. The van der Waals surface area contributed by atoms with Crippen LogP contribution in [0.2, 0.25) is 0 Å². The standard InChI is InChI=1S/C13H19N3O2/c1-9-5-4-6-10(2)13(9)15-12(18)8-16(3)7-11(14)17/h4-6H,7-8H2,1-3H3,(H2,14,17)(H,15,18). The molecular weight excluding hydrogens is 230 g/mol. The van der Waals surface area contributed by atoms with E-state index in [-0.39, 0.29) is 19.0 Å². The number of likely N-dealkylation sites (N-methyl/N-ethyl adjacent to an activating group) is 1. The van der Waals surface area contributed by atoms with Gasteiger partial charge in [-0.2, -0.15) is 0 Å². The van der Waals surface area contributed by atoms with Crippen molar-refractivity contribution >= 4 is 17.5 Å². The van der Waals surface area contributed by atoms with Crippen molar-refractivity contribution in [2.45, 2.75) is 13.8 Å². The Labute approximate surface area is 107 Å². The minimum absolute atomic E-state index is 0.0696. The highest BCUT2D eigenvalue weighted by atomic mass is 16.2. The van der Waals surface area contributed by atoms with Crippen molar-refractivity contribution in [1.82, 2.24) is 4.90 Å². The minimum Gasteiger partial charge on any atom is -0.369 e. The summed E-state index contributed by atoms with van der Waals surface area (Å²) < 4.78 is 0. The van der Waals surface area contributed by atoms with Gasteiger partial charge >= 0.3 is 0 Å². The van der Waals surface area contributed by atoms with Crippen molar-refractivity contribution in [1.29, 1.82) is 0 Å². The Bertz CT molecular complexity index is 437. The third kappa shape index (κ3) is 4.18. The van der Waals surface area contributed by atoms with E-state index >= 15 is 0 Å². The Hall–Kier alpha value is -1.88. The van der Waals surface area contributed by atoms with Crippen molar-refractivity contribution < 1.29 is 9.59 Å². The molecule has 3 N–H and O–H groups in total. The van der Waals surface area contributed by atoms with Crippen molar-refractivity contribution in [2.24, 2.45) is 5.73 Å². The molecule has 1 rings (SSSR count). The lowest BCUT2D eigenvalue weighted by atomic mass is 10.1. The second-order valence-electron chi connectivity index (χ2n) is 4.45. The van der Waals surface area contributed by atoms with E-state index < -0.39 is 5.91 Å². The number of hydrogen-bond donors (Lipinski definition) is 2. The molecule has 18 heavy (non-hydrogen) atoms. The molecule has 0 aliphatic rings. The molecule has 2 amide bonds. The first-order valence-corrected chi connectivity index (χ1v) is 5.73. The quantitative estimate of drug-likeness (QED) is 0.805. The van der Waals surface area contributed by atoms with Crippen molar-refractivity contribution in [3.05, 3.63) is 29.3 Å². The van der Waals surface area contributed by atoms with Crippen LogP contribution < -0.4 is 11.1 Å². The average molecular weight is 249 g/mol. The largest absolute Gasteiger partial charge is 0.369 e. The van der Waals surface area contributed by atoms with Crippen LogP contribution in [-0.4, -0.2) is 36.9 Å². The first-order valence-electron chi connectivity index (χ1n) is 5.73. The maximum Gasteiger partial charge on any atom is 0.238 e. The number of nitrogens with two attached hydrogens (primary N) is 1. The monoisotopic (exact) mass is 249 g/mol. The molecule has 0 unspecified atom stereocenters. The van der Waals surface area contributed by atoms with Gasteiger partial charge in [-0.15, -0.1) is 0 Å². The Kier molecular flexibility index (Phi) is 4.85. The molecule has 0 aliphatic carbocycles. The number of benzene rings is 1. The zero-order chi connectivity index (χ0) is 13.7. The Morgan fingerprint density at radius 2 is 1.78 bits per heavy atom. The molecule has 0 bridgehead atoms. The summed E-state index contributed by atoms with van der Waals surface area (Å²) in [5, 5.41) is 2.85. The number of aryl methyl sites for hydroxylation is 2. The molecule has 0 aromatic heterocycles. The molecule has 1 aromatic carbocycles. The lowest BCUT2D eigenvalue weighted by Gasteiger charge is -2.16. The molecule has 0 radical (unpaired) electrons. The van der Waals surface area contributed by atoms with Crippen LogP contribution in [0, 0.1) is 13.8 Å². The van der Waals surface area contributed by atoms with Crippen LogP contribution in [-0.2, 0) is 9.59 Å². The second kappa shape index (κ2) is 6.16. The van der Waals surface area contributed by atoms with Crippen LogP contribution in [0.4, 0.5) is 5.69 Å². The zero-order valence-electron chi connectivity index (χ0n) is 11.0. The first kappa shape index (κ1) is 14.2. The van der Waals surface area contributed by atoms with E-state index in [0.29, 0.717) is 0 Å². The number of amides is 2. The fourth-order valence-corrected chi connectivity index (χ4v) is 1.76. The predicted molar refractivity (Wildman–Crippen MR) is 71.2 cm³/mol. The van der Waals surface area contributed by atoms with E-state index in [4.69, 9.17) is 5.73 Å². The SMILES string of the molecule is Cc1cccc(C)c1NC(=O)CN(C)CC(N)=O. The van der Waals surface area contributed by atoms with Crippen LogP contribution in [0.25, 0.3) is 0 Å². The van der Waals surface area contributed by atoms with Gasteiger partial charge in [-0.3, -0.25) is 14.5 Å². The Morgan fingerprint density at radius 3 is 2.28 bits per heavy atom. The third-order valence-corrected chi connectivity index (χ3v) is 2.58. The third-order valence-electron chi connectivity index (χ3n) is 2.58. The molecule has 5 nitrogen and oxygen atoms in total.